The molecule has 2 N–H and O–H groups in total. The summed E-state index contributed by atoms with van der Waals surface area (Å²) in [7, 11) is 0. The first-order valence-electron chi connectivity index (χ1n) is 9.14. The smallest absolute Gasteiger partial charge is 0.226 e. The first kappa shape index (κ1) is 18.4. The fourth-order valence-corrected chi connectivity index (χ4v) is 4.32. The van der Waals surface area contributed by atoms with E-state index in [0.717, 1.165) is 27.7 Å². The van der Waals surface area contributed by atoms with Crippen molar-refractivity contribution in [3.63, 3.8) is 0 Å². The maximum Gasteiger partial charge on any atom is 0.226 e. The summed E-state index contributed by atoms with van der Waals surface area (Å²) < 4.78 is 19.0. The molecule has 2 heterocycles. The lowest BCUT2D eigenvalue weighted by molar-refractivity contribution is -0.116. The lowest BCUT2D eigenvalue weighted by Gasteiger charge is -2.21. The van der Waals surface area contributed by atoms with Gasteiger partial charge in [0.1, 0.15) is 24.0 Å². The maximum atomic E-state index is 13.3. The van der Waals surface area contributed by atoms with Gasteiger partial charge in [-0.2, -0.15) is 0 Å². The van der Waals surface area contributed by atoms with Crippen molar-refractivity contribution in [1.29, 1.82) is 0 Å². The number of thiazole rings is 1. The fraction of sp³-hybridized carbons (Fsp3) is 0.238. The number of anilines is 2. The van der Waals surface area contributed by atoms with E-state index in [1.807, 2.05) is 37.3 Å². The number of rotatable bonds is 6. The average Bonchev–Trinajstić information content (AvgIpc) is 3.09. The summed E-state index contributed by atoms with van der Waals surface area (Å²) in [5, 5.41) is 6.88. The second kappa shape index (κ2) is 7.98. The van der Waals surface area contributed by atoms with Gasteiger partial charge in [-0.1, -0.05) is 35.6 Å². The van der Waals surface area contributed by atoms with Crippen LogP contribution in [-0.2, 0) is 11.4 Å². The lowest BCUT2D eigenvalue weighted by Crippen LogP contribution is -2.22. The van der Waals surface area contributed by atoms with E-state index in [0.29, 0.717) is 24.6 Å². The summed E-state index contributed by atoms with van der Waals surface area (Å²) in [5.74, 6) is 1.02. The van der Waals surface area contributed by atoms with Gasteiger partial charge in [0.05, 0.1) is 4.88 Å². The number of amides is 1. The van der Waals surface area contributed by atoms with E-state index in [4.69, 9.17) is 4.74 Å². The van der Waals surface area contributed by atoms with Crippen LogP contribution in [0.1, 0.15) is 35.3 Å². The molecule has 0 radical (unpaired) electrons. The minimum atomic E-state index is -0.274. The summed E-state index contributed by atoms with van der Waals surface area (Å²) in [6, 6.07) is 14.1. The summed E-state index contributed by atoms with van der Waals surface area (Å²) in [6.07, 6.45) is 0.393. The van der Waals surface area contributed by atoms with Crippen LogP contribution in [0.3, 0.4) is 0 Å². The molecule has 1 aromatic heterocycles. The monoisotopic (exact) mass is 397 g/mol. The maximum absolute atomic E-state index is 13.3. The summed E-state index contributed by atoms with van der Waals surface area (Å²) in [4.78, 5) is 17.6. The van der Waals surface area contributed by atoms with Crippen molar-refractivity contribution in [2.24, 2.45) is 0 Å². The van der Waals surface area contributed by atoms with Crippen LogP contribution in [0, 0.1) is 5.82 Å². The molecular formula is C21H20FN3O2S. The minimum Gasteiger partial charge on any atom is -0.489 e. The Morgan fingerprint density at radius 3 is 2.86 bits per heavy atom. The van der Waals surface area contributed by atoms with Crippen molar-refractivity contribution < 1.29 is 13.9 Å². The topological polar surface area (TPSA) is 63.3 Å². The third-order valence-corrected chi connectivity index (χ3v) is 5.65. The molecule has 7 heteroatoms. The standard InChI is InChI=1S/C21H20FN3O2S/c1-2-23-21-25-20-19(28-21)17(11-18(26)24-20)14-6-8-16(9-7-14)27-12-13-4-3-5-15(22)10-13/h3-10,17H,2,11-12H2,1H3,(H,23,25)(H,24,26)/t17-/m1/s1. The molecule has 28 heavy (non-hydrogen) atoms. The molecule has 1 aliphatic heterocycles. The first-order chi connectivity index (χ1) is 13.6. The van der Waals surface area contributed by atoms with Crippen LogP contribution in [-0.4, -0.2) is 17.4 Å². The highest BCUT2D eigenvalue weighted by Gasteiger charge is 2.30. The molecule has 0 bridgehead atoms. The number of hydrogen-bond donors (Lipinski definition) is 2. The quantitative estimate of drug-likeness (QED) is 0.629. The number of carbonyl (C=O) groups is 1. The number of nitrogens with zero attached hydrogens (tertiary/aromatic N) is 1. The number of hydrogen-bond acceptors (Lipinski definition) is 5. The highest BCUT2D eigenvalue weighted by atomic mass is 32.1. The normalized spacial score (nSPS) is 15.6. The van der Waals surface area contributed by atoms with Gasteiger partial charge in [-0.15, -0.1) is 0 Å². The third kappa shape index (κ3) is 3.99. The highest BCUT2D eigenvalue weighted by molar-refractivity contribution is 7.16. The molecule has 0 spiro atoms. The number of ether oxygens (including phenoxy) is 1. The molecule has 0 fully saturated rings. The number of carbonyl (C=O) groups excluding carboxylic acids is 1. The molecule has 1 aliphatic rings. The van der Waals surface area contributed by atoms with Gasteiger partial charge in [-0.3, -0.25) is 4.79 Å². The molecule has 2 aromatic carbocycles. The Kier molecular flexibility index (Phi) is 5.25. The second-order valence-electron chi connectivity index (χ2n) is 6.55. The van der Waals surface area contributed by atoms with Crippen LogP contribution in [0.2, 0.25) is 0 Å². The number of fused-ring (bicyclic) bond motifs is 1. The van der Waals surface area contributed by atoms with E-state index < -0.39 is 0 Å². The van der Waals surface area contributed by atoms with Gasteiger partial charge in [0, 0.05) is 18.9 Å². The molecule has 0 aliphatic carbocycles. The van der Waals surface area contributed by atoms with Crippen LogP contribution in [0.15, 0.2) is 48.5 Å². The zero-order valence-corrected chi connectivity index (χ0v) is 16.2. The zero-order chi connectivity index (χ0) is 19.5. The Morgan fingerprint density at radius 2 is 2.11 bits per heavy atom. The Bertz CT molecular complexity index is 988. The SMILES string of the molecule is CCNc1nc2c(s1)[C@@H](c1ccc(OCc3cccc(F)c3)cc1)CC(=O)N2. The lowest BCUT2D eigenvalue weighted by atomic mass is 9.91. The van der Waals surface area contributed by atoms with Gasteiger partial charge < -0.3 is 15.4 Å². The molecule has 1 amide bonds. The average molecular weight is 397 g/mol. The van der Waals surface area contributed by atoms with Crippen LogP contribution in [0.25, 0.3) is 0 Å². The van der Waals surface area contributed by atoms with Crippen molar-refractivity contribution >= 4 is 28.2 Å². The largest absolute Gasteiger partial charge is 0.489 e. The zero-order valence-electron chi connectivity index (χ0n) is 15.4. The van der Waals surface area contributed by atoms with Crippen molar-refractivity contribution in [3.8, 4) is 5.75 Å². The predicted octanol–water partition coefficient (Wildman–Crippen LogP) is 4.77. The van der Waals surface area contributed by atoms with Gasteiger partial charge in [0.2, 0.25) is 5.91 Å². The Labute approximate surface area is 166 Å². The van der Waals surface area contributed by atoms with Crippen LogP contribution >= 0.6 is 11.3 Å². The van der Waals surface area contributed by atoms with Gasteiger partial charge >= 0.3 is 0 Å². The molecule has 3 aromatic rings. The van der Waals surface area contributed by atoms with E-state index in [-0.39, 0.29) is 17.6 Å². The number of nitrogens with one attached hydrogen (secondary N) is 2. The molecule has 1 atom stereocenters. The Balaban J connectivity index is 1.50. The number of aromatic nitrogens is 1. The molecule has 4 rings (SSSR count). The number of benzene rings is 2. The van der Waals surface area contributed by atoms with Gasteiger partial charge in [0.15, 0.2) is 5.13 Å². The third-order valence-electron chi connectivity index (χ3n) is 4.52. The first-order valence-corrected chi connectivity index (χ1v) is 9.95. The Hall–Kier alpha value is -2.93. The van der Waals surface area contributed by atoms with Gasteiger partial charge in [-0.25, -0.2) is 9.37 Å². The van der Waals surface area contributed by atoms with Crippen LogP contribution < -0.4 is 15.4 Å². The highest BCUT2D eigenvalue weighted by Crippen LogP contribution is 2.42. The van der Waals surface area contributed by atoms with E-state index in [9.17, 15) is 9.18 Å². The molecule has 5 nitrogen and oxygen atoms in total. The van der Waals surface area contributed by atoms with E-state index in [1.54, 1.807) is 17.4 Å². The fourth-order valence-electron chi connectivity index (χ4n) is 3.20. The molecule has 144 valence electrons. The number of halogens is 1. The van der Waals surface area contributed by atoms with E-state index >= 15 is 0 Å². The Morgan fingerprint density at radius 1 is 1.29 bits per heavy atom. The van der Waals surface area contributed by atoms with Crippen LogP contribution in [0.4, 0.5) is 15.3 Å². The second-order valence-corrected chi connectivity index (χ2v) is 7.59. The summed E-state index contributed by atoms with van der Waals surface area (Å²) in [5.41, 5.74) is 1.82. The van der Waals surface area contributed by atoms with Gasteiger partial charge in [-0.05, 0) is 42.3 Å². The molecule has 0 unspecified atom stereocenters. The van der Waals surface area contributed by atoms with Crippen molar-refractivity contribution in [1.82, 2.24) is 4.98 Å². The van der Waals surface area contributed by atoms with Gasteiger partial charge in [0.25, 0.3) is 0 Å². The summed E-state index contributed by atoms with van der Waals surface area (Å²) in [6.45, 7) is 3.09. The van der Waals surface area contributed by atoms with Crippen molar-refractivity contribution in [2.75, 3.05) is 17.2 Å². The molecule has 0 saturated heterocycles. The van der Waals surface area contributed by atoms with E-state index in [1.165, 1.54) is 12.1 Å². The predicted molar refractivity (Wildman–Crippen MR) is 109 cm³/mol. The van der Waals surface area contributed by atoms with Crippen molar-refractivity contribution in [2.45, 2.75) is 25.9 Å². The van der Waals surface area contributed by atoms with E-state index in [2.05, 4.69) is 15.6 Å². The summed E-state index contributed by atoms with van der Waals surface area (Å²) >= 11 is 1.57. The minimum absolute atomic E-state index is 0.0223. The molecular weight excluding hydrogens is 377 g/mol. The molecule has 0 saturated carbocycles. The van der Waals surface area contributed by atoms with Crippen LogP contribution in [0.5, 0.6) is 5.75 Å². The van der Waals surface area contributed by atoms with Crippen molar-refractivity contribution in [3.05, 3.63) is 70.4 Å².